The molecule has 0 spiro atoms. The first-order chi connectivity index (χ1) is 10.2. The van der Waals surface area contributed by atoms with Crippen molar-refractivity contribution in [2.75, 3.05) is 13.2 Å². The first kappa shape index (κ1) is 17.8. The monoisotopic (exact) mass is 294 g/mol. The van der Waals surface area contributed by atoms with Crippen LogP contribution in [0.5, 0.6) is 11.5 Å². The molecule has 0 fully saturated rings. The maximum atomic E-state index is 10.6. The zero-order valence-corrected chi connectivity index (χ0v) is 13.9. The second kappa shape index (κ2) is 9.67. The molecule has 0 saturated carbocycles. The first-order valence-electron chi connectivity index (χ1n) is 8.25. The van der Waals surface area contributed by atoms with E-state index in [1.165, 1.54) is 0 Å². The van der Waals surface area contributed by atoms with Crippen molar-refractivity contribution < 1.29 is 14.6 Å². The molecule has 0 aliphatic carbocycles. The predicted octanol–water partition coefficient (Wildman–Crippen LogP) is 4.73. The van der Waals surface area contributed by atoms with Gasteiger partial charge in [-0.2, -0.15) is 0 Å². The Morgan fingerprint density at radius 2 is 1.67 bits per heavy atom. The SMILES string of the molecule is CCCCC(CC)C(O)c1ccc(OCC)c(OCC)c1. The summed E-state index contributed by atoms with van der Waals surface area (Å²) in [6, 6.07) is 5.78. The van der Waals surface area contributed by atoms with Crippen LogP contribution in [-0.2, 0) is 0 Å². The first-order valence-corrected chi connectivity index (χ1v) is 8.25. The summed E-state index contributed by atoms with van der Waals surface area (Å²) in [4.78, 5) is 0. The molecule has 1 rings (SSSR count). The van der Waals surface area contributed by atoms with Crippen molar-refractivity contribution in [2.45, 2.75) is 59.5 Å². The highest BCUT2D eigenvalue weighted by atomic mass is 16.5. The van der Waals surface area contributed by atoms with Crippen molar-refractivity contribution in [1.82, 2.24) is 0 Å². The maximum Gasteiger partial charge on any atom is 0.161 e. The molecule has 0 saturated heterocycles. The molecule has 3 heteroatoms. The van der Waals surface area contributed by atoms with Gasteiger partial charge in [0.15, 0.2) is 11.5 Å². The molecule has 1 aromatic carbocycles. The number of unbranched alkanes of at least 4 members (excludes halogenated alkanes) is 1. The Labute approximate surface area is 129 Å². The Balaban J connectivity index is 2.92. The Kier molecular flexibility index (Phi) is 8.21. The Bertz CT molecular complexity index is 403. The molecule has 0 amide bonds. The lowest BCUT2D eigenvalue weighted by Gasteiger charge is -2.23. The third kappa shape index (κ3) is 5.24. The average Bonchev–Trinajstić information content (AvgIpc) is 2.50. The van der Waals surface area contributed by atoms with Gasteiger partial charge in [-0.1, -0.05) is 39.2 Å². The van der Waals surface area contributed by atoms with Crippen LogP contribution >= 0.6 is 0 Å². The van der Waals surface area contributed by atoms with Crippen molar-refractivity contribution in [2.24, 2.45) is 5.92 Å². The van der Waals surface area contributed by atoms with Crippen LogP contribution in [0.2, 0.25) is 0 Å². The molecule has 1 aromatic rings. The number of hydrogen-bond donors (Lipinski definition) is 1. The molecular formula is C18H30O3. The van der Waals surface area contributed by atoms with Gasteiger partial charge in [-0.25, -0.2) is 0 Å². The highest BCUT2D eigenvalue weighted by Gasteiger charge is 2.20. The molecule has 0 bridgehead atoms. The summed E-state index contributed by atoms with van der Waals surface area (Å²) in [6.07, 6.45) is 3.93. The molecule has 1 N–H and O–H groups in total. The van der Waals surface area contributed by atoms with E-state index in [9.17, 15) is 5.11 Å². The van der Waals surface area contributed by atoms with Gasteiger partial charge in [-0.15, -0.1) is 0 Å². The number of ether oxygens (including phenoxy) is 2. The van der Waals surface area contributed by atoms with E-state index in [1.807, 2.05) is 32.0 Å². The van der Waals surface area contributed by atoms with Crippen molar-refractivity contribution >= 4 is 0 Å². The fourth-order valence-electron chi connectivity index (χ4n) is 2.58. The Hall–Kier alpha value is -1.22. The normalized spacial score (nSPS) is 13.8. The number of rotatable bonds is 10. The summed E-state index contributed by atoms with van der Waals surface area (Å²) in [6.45, 7) is 9.43. The van der Waals surface area contributed by atoms with Gasteiger partial charge in [0.05, 0.1) is 19.3 Å². The lowest BCUT2D eigenvalue weighted by atomic mass is 9.89. The van der Waals surface area contributed by atoms with Gasteiger partial charge < -0.3 is 14.6 Å². The van der Waals surface area contributed by atoms with Crippen LogP contribution in [0.4, 0.5) is 0 Å². The van der Waals surface area contributed by atoms with E-state index in [0.717, 1.165) is 42.7 Å². The summed E-state index contributed by atoms with van der Waals surface area (Å²) >= 11 is 0. The standard InChI is InChI=1S/C18H30O3/c1-5-9-10-14(6-2)18(19)15-11-12-16(20-7-3)17(13-15)21-8-4/h11-14,18-19H,5-10H2,1-4H3. The van der Waals surface area contributed by atoms with Crippen molar-refractivity contribution in [3.8, 4) is 11.5 Å². The molecule has 2 atom stereocenters. The van der Waals surface area contributed by atoms with E-state index in [0.29, 0.717) is 19.1 Å². The zero-order valence-electron chi connectivity index (χ0n) is 13.9. The minimum atomic E-state index is -0.434. The molecule has 21 heavy (non-hydrogen) atoms. The van der Waals surface area contributed by atoms with E-state index < -0.39 is 6.10 Å². The van der Waals surface area contributed by atoms with Gasteiger partial charge in [0.2, 0.25) is 0 Å². The van der Waals surface area contributed by atoms with E-state index >= 15 is 0 Å². The topological polar surface area (TPSA) is 38.7 Å². The third-order valence-corrected chi connectivity index (χ3v) is 3.81. The van der Waals surface area contributed by atoms with Gasteiger partial charge in [-0.3, -0.25) is 0 Å². The van der Waals surface area contributed by atoms with Gasteiger partial charge in [0.25, 0.3) is 0 Å². The Morgan fingerprint density at radius 3 is 2.24 bits per heavy atom. The van der Waals surface area contributed by atoms with Gasteiger partial charge in [-0.05, 0) is 43.9 Å². The van der Waals surface area contributed by atoms with Crippen molar-refractivity contribution in [3.63, 3.8) is 0 Å². The van der Waals surface area contributed by atoms with Crippen LogP contribution in [0.1, 0.15) is 65.0 Å². The third-order valence-electron chi connectivity index (χ3n) is 3.81. The van der Waals surface area contributed by atoms with Crippen molar-refractivity contribution in [3.05, 3.63) is 23.8 Å². The second-order valence-electron chi connectivity index (χ2n) is 5.33. The zero-order chi connectivity index (χ0) is 15.7. The van der Waals surface area contributed by atoms with E-state index in [1.54, 1.807) is 0 Å². The smallest absolute Gasteiger partial charge is 0.161 e. The van der Waals surface area contributed by atoms with Crippen molar-refractivity contribution in [1.29, 1.82) is 0 Å². The number of aliphatic hydroxyl groups excluding tert-OH is 1. The van der Waals surface area contributed by atoms with Crippen LogP contribution < -0.4 is 9.47 Å². The molecule has 3 nitrogen and oxygen atoms in total. The fraction of sp³-hybridized carbons (Fsp3) is 0.667. The average molecular weight is 294 g/mol. The van der Waals surface area contributed by atoms with E-state index in [4.69, 9.17) is 9.47 Å². The molecule has 0 aliphatic heterocycles. The maximum absolute atomic E-state index is 10.6. The fourth-order valence-corrected chi connectivity index (χ4v) is 2.58. The van der Waals surface area contributed by atoms with Crippen LogP contribution in [-0.4, -0.2) is 18.3 Å². The lowest BCUT2D eigenvalue weighted by Crippen LogP contribution is -2.12. The summed E-state index contributed by atoms with van der Waals surface area (Å²) in [7, 11) is 0. The van der Waals surface area contributed by atoms with Crippen LogP contribution in [0.15, 0.2) is 18.2 Å². The largest absolute Gasteiger partial charge is 0.490 e. The van der Waals surface area contributed by atoms with E-state index in [-0.39, 0.29) is 0 Å². The lowest BCUT2D eigenvalue weighted by molar-refractivity contribution is 0.0985. The molecule has 0 aliphatic rings. The molecule has 0 aromatic heterocycles. The highest BCUT2D eigenvalue weighted by molar-refractivity contribution is 5.43. The summed E-state index contributed by atoms with van der Waals surface area (Å²) in [5.74, 6) is 1.77. The number of benzene rings is 1. The summed E-state index contributed by atoms with van der Waals surface area (Å²) in [5.41, 5.74) is 0.921. The Morgan fingerprint density at radius 1 is 1.00 bits per heavy atom. The quantitative estimate of drug-likeness (QED) is 0.677. The van der Waals surface area contributed by atoms with Gasteiger partial charge >= 0.3 is 0 Å². The minimum Gasteiger partial charge on any atom is -0.490 e. The predicted molar refractivity (Wildman–Crippen MR) is 87.0 cm³/mol. The van der Waals surface area contributed by atoms with Gasteiger partial charge in [0, 0.05) is 0 Å². The minimum absolute atomic E-state index is 0.303. The van der Waals surface area contributed by atoms with Gasteiger partial charge in [0.1, 0.15) is 0 Å². The molecule has 2 unspecified atom stereocenters. The van der Waals surface area contributed by atoms with Crippen LogP contribution in [0.3, 0.4) is 0 Å². The summed E-state index contributed by atoms with van der Waals surface area (Å²) in [5, 5.41) is 10.6. The second-order valence-corrected chi connectivity index (χ2v) is 5.33. The molecule has 0 heterocycles. The number of aliphatic hydroxyl groups is 1. The van der Waals surface area contributed by atoms with Crippen LogP contribution in [0, 0.1) is 5.92 Å². The highest BCUT2D eigenvalue weighted by Crippen LogP contribution is 2.35. The van der Waals surface area contributed by atoms with Crippen LogP contribution in [0.25, 0.3) is 0 Å². The molecule has 0 radical (unpaired) electrons. The van der Waals surface area contributed by atoms with E-state index in [2.05, 4.69) is 13.8 Å². The molecular weight excluding hydrogens is 264 g/mol. The molecule has 120 valence electrons. The number of hydrogen-bond acceptors (Lipinski definition) is 3. The summed E-state index contributed by atoms with van der Waals surface area (Å²) < 4.78 is 11.2.